The van der Waals surface area contributed by atoms with Crippen molar-refractivity contribution >= 4 is 60.3 Å². The molecule has 0 aliphatic heterocycles. The van der Waals surface area contributed by atoms with Crippen LogP contribution in [-0.4, -0.2) is 12.3 Å². The fraction of sp³-hybridized carbons (Fsp3) is 0.0513. The van der Waals surface area contributed by atoms with E-state index in [9.17, 15) is 0 Å². The van der Waals surface area contributed by atoms with E-state index < -0.39 is 15.8 Å². The first kappa shape index (κ1) is 39.5. The molecule has 0 aromatic heterocycles. The van der Waals surface area contributed by atoms with Crippen LogP contribution in [0.4, 0.5) is 0 Å². The standard InChI is InChI=1S/2C18H15P.C3H5N2S.2Au/c2*1-4-10-16(11-5-1)19(17-12-6-2-7-13-17)18-14-8-3-9-15-18;4-3-5-1-2-6;;/h2*1-15H;6H,1-2H2;;/q;;-1;2*+1/p+1. The van der Waals surface area contributed by atoms with Gasteiger partial charge in [0.05, 0.1) is 15.8 Å². The predicted octanol–water partition coefficient (Wildman–Crippen LogP) is 6.74. The van der Waals surface area contributed by atoms with Crippen LogP contribution in [0.5, 0.6) is 0 Å². The molecule has 0 aliphatic carbocycles. The van der Waals surface area contributed by atoms with Crippen LogP contribution in [0.3, 0.4) is 0 Å². The molecule has 0 spiro atoms. The minimum atomic E-state index is -0.877. The van der Waals surface area contributed by atoms with E-state index in [-0.39, 0.29) is 44.8 Å². The van der Waals surface area contributed by atoms with Gasteiger partial charge in [-0.25, -0.2) is 0 Å². The monoisotopic (exact) mass is 1020 g/mol. The average molecular weight is 1020 g/mol. The molecule has 7 heteroatoms. The number of nitrogens with zero attached hydrogens (tertiary/aromatic N) is 2. The summed E-state index contributed by atoms with van der Waals surface area (Å²) in [4.78, 5) is 0. The van der Waals surface area contributed by atoms with Crippen LogP contribution < -0.4 is 31.8 Å². The molecule has 6 aromatic rings. The second kappa shape index (κ2) is 23.6. The molecule has 6 aromatic carbocycles. The topological polar surface area (TPSA) is 37.9 Å². The molecule has 0 atom stereocenters. The Morgan fingerprint density at radius 1 is 0.413 bits per heavy atom. The van der Waals surface area contributed by atoms with Crippen LogP contribution in [0.25, 0.3) is 5.32 Å². The van der Waals surface area contributed by atoms with Crippen molar-refractivity contribution in [2.75, 3.05) is 12.3 Å². The van der Waals surface area contributed by atoms with E-state index in [1.165, 1.54) is 31.8 Å². The Kier molecular flexibility index (Phi) is 20.2. The summed E-state index contributed by atoms with van der Waals surface area (Å²) in [5, 5.41) is 19.6. The molecule has 0 bridgehead atoms. The van der Waals surface area contributed by atoms with Gasteiger partial charge in [-0.1, -0.05) is 122 Å². The molecule has 0 saturated carbocycles. The molecule has 0 N–H and O–H groups in total. The Morgan fingerprint density at radius 3 is 0.739 bits per heavy atom. The van der Waals surface area contributed by atoms with Gasteiger partial charge in [-0.3, -0.25) is 0 Å². The fourth-order valence-corrected chi connectivity index (χ4v) is 9.97. The summed E-state index contributed by atoms with van der Waals surface area (Å²) >= 11 is 4.47. The molecule has 0 radical (unpaired) electrons. The van der Waals surface area contributed by atoms with Gasteiger partial charge < -0.3 is 23.2 Å². The van der Waals surface area contributed by atoms with Gasteiger partial charge in [-0.05, 0) is 72.8 Å². The molecule has 0 unspecified atom stereocenters. The van der Waals surface area contributed by atoms with Crippen LogP contribution in [0.1, 0.15) is 0 Å². The Labute approximate surface area is 313 Å². The molecule has 0 heterocycles. The minimum absolute atomic E-state index is 0. The first-order valence-corrected chi connectivity index (χ1v) is 18.1. The van der Waals surface area contributed by atoms with Crippen molar-refractivity contribution in [2.24, 2.45) is 0 Å². The molecule has 0 aliphatic rings. The van der Waals surface area contributed by atoms with Crippen molar-refractivity contribution in [1.82, 2.24) is 0 Å². The molecular weight excluding hydrogens is 984 g/mol. The van der Waals surface area contributed by atoms with E-state index in [0.29, 0.717) is 12.3 Å². The number of nitriles is 1. The third-order valence-corrected chi connectivity index (χ3v) is 12.3. The van der Waals surface area contributed by atoms with Gasteiger partial charge in [-0.15, -0.1) is 0 Å². The summed E-state index contributed by atoms with van der Waals surface area (Å²) in [6, 6.07) is 65.0. The summed E-state index contributed by atoms with van der Waals surface area (Å²) < 4.78 is 0. The van der Waals surface area contributed by atoms with Crippen LogP contribution in [0.2, 0.25) is 0 Å². The SMILES string of the molecule is N#C[N-]CC[S-].[Au+].[Au+].c1ccc([PH+](c2ccccc2)c2ccccc2)cc1.c1ccc([PH+](c2ccccc2)c2ccccc2)cc1. The Balaban J connectivity index is 0.000000263. The number of benzene rings is 6. The zero-order valence-electron chi connectivity index (χ0n) is 25.1. The van der Waals surface area contributed by atoms with E-state index in [4.69, 9.17) is 5.26 Å². The Hall–Kier alpha value is -2.70. The molecule has 2 nitrogen and oxygen atoms in total. The first-order chi connectivity index (χ1) is 21.8. The second-order valence-electron chi connectivity index (χ2n) is 9.63. The zero-order valence-corrected chi connectivity index (χ0v) is 32.3. The van der Waals surface area contributed by atoms with Crippen molar-refractivity contribution in [3.63, 3.8) is 0 Å². The van der Waals surface area contributed by atoms with Gasteiger partial charge in [0, 0.05) is 0 Å². The molecule has 0 fully saturated rings. The third-order valence-electron chi connectivity index (χ3n) is 6.65. The molecular formula is C39H36Au2N2P2S+2. The number of hydrogen-bond acceptors (Lipinski definition) is 2. The van der Waals surface area contributed by atoms with Crippen molar-refractivity contribution in [1.29, 1.82) is 5.26 Å². The van der Waals surface area contributed by atoms with E-state index in [1.807, 2.05) is 0 Å². The van der Waals surface area contributed by atoms with E-state index in [0.717, 1.165) is 0 Å². The molecule has 0 amide bonds. The van der Waals surface area contributed by atoms with Crippen LogP contribution in [-0.2, 0) is 57.4 Å². The summed E-state index contributed by atoms with van der Waals surface area (Å²) in [5.74, 6) is 0.549. The molecule has 6 rings (SSSR count). The van der Waals surface area contributed by atoms with E-state index >= 15 is 0 Å². The largest absolute Gasteiger partial charge is 1.00 e. The van der Waals surface area contributed by atoms with Crippen molar-refractivity contribution in [3.05, 3.63) is 187 Å². The molecule has 0 saturated heterocycles. The van der Waals surface area contributed by atoms with Gasteiger partial charge in [0.25, 0.3) is 0 Å². The van der Waals surface area contributed by atoms with Crippen LogP contribution in [0.15, 0.2) is 182 Å². The van der Waals surface area contributed by atoms with Crippen molar-refractivity contribution in [3.8, 4) is 6.19 Å². The number of rotatable bonds is 8. The Bertz CT molecular complexity index is 1340. The van der Waals surface area contributed by atoms with Crippen LogP contribution in [0, 0.1) is 11.5 Å². The van der Waals surface area contributed by atoms with E-state index in [1.54, 1.807) is 6.19 Å². The van der Waals surface area contributed by atoms with E-state index in [2.05, 4.69) is 200 Å². The molecule has 46 heavy (non-hydrogen) atoms. The quantitative estimate of drug-likeness (QED) is 0.0558. The maximum absolute atomic E-state index is 7.73. The normalized spacial score (nSPS) is 9.61. The van der Waals surface area contributed by atoms with Crippen molar-refractivity contribution < 1.29 is 44.8 Å². The maximum Gasteiger partial charge on any atom is 1.00 e. The first-order valence-electron chi connectivity index (χ1n) is 14.5. The maximum atomic E-state index is 7.73. The average Bonchev–Trinajstić information content (AvgIpc) is 3.11. The Morgan fingerprint density at radius 2 is 0.609 bits per heavy atom. The van der Waals surface area contributed by atoms with Crippen molar-refractivity contribution in [2.45, 2.75) is 0 Å². The summed E-state index contributed by atoms with van der Waals surface area (Å²) in [7, 11) is -1.75. The smallest absolute Gasteiger partial charge is 0.793 e. The fourth-order valence-electron chi connectivity index (χ4n) is 4.72. The minimum Gasteiger partial charge on any atom is -0.793 e. The molecule has 238 valence electrons. The number of hydrogen-bond donors (Lipinski definition) is 0. The van der Waals surface area contributed by atoms with Gasteiger partial charge in [0.15, 0.2) is 0 Å². The third kappa shape index (κ3) is 12.8. The second-order valence-corrected chi connectivity index (χ2v) is 15.0. The van der Waals surface area contributed by atoms with Crippen LogP contribution >= 0.6 is 15.8 Å². The van der Waals surface area contributed by atoms with Gasteiger partial charge in [-0.2, -0.15) is 5.75 Å². The van der Waals surface area contributed by atoms with Gasteiger partial charge >= 0.3 is 44.8 Å². The summed E-state index contributed by atoms with van der Waals surface area (Å²) in [6.07, 6.45) is 1.63. The summed E-state index contributed by atoms with van der Waals surface area (Å²) in [6.45, 7) is 0.492. The summed E-state index contributed by atoms with van der Waals surface area (Å²) in [5.41, 5.74) is 0. The predicted molar refractivity (Wildman–Crippen MR) is 199 cm³/mol. The van der Waals surface area contributed by atoms with Gasteiger partial charge in [0.1, 0.15) is 31.8 Å². The zero-order chi connectivity index (χ0) is 30.7. The van der Waals surface area contributed by atoms with Gasteiger partial charge in [0.2, 0.25) is 0 Å².